The first kappa shape index (κ1) is 12.5. The lowest BCUT2D eigenvalue weighted by Gasteiger charge is -2.32. The first-order valence-electron chi connectivity index (χ1n) is 7.13. The highest BCUT2D eigenvalue weighted by Gasteiger charge is 2.43. The van der Waals surface area contributed by atoms with Gasteiger partial charge in [-0.2, -0.15) is 0 Å². The van der Waals surface area contributed by atoms with E-state index in [4.69, 9.17) is 0 Å². The van der Waals surface area contributed by atoms with E-state index in [0.29, 0.717) is 17.9 Å². The molecule has 3 rings (SSSR count). The molecule has 1 saturated carbocycles. The summed E-state index contributed by atoms with van der Waals surface area (Å²) in [7, 11) is 0. The Morgan fingerprint density at radius 1 is 1.42 bits per heavy atom. The largest absolute Gasteiger partial charge is 0.505 e. The minimum Gasteiger partial charge on any atom is -0.505 e. The van der Waals surface area contributed by atoms with Gasteiger partial charge in [-0.25, -0.2) is 4.98 Å². The molecule has 1 aliphatic heterocycles. The summed E-state index contributed by atoms with van der Waals surface area (Å²) < 4.78 is 0. The third-order valence-corrected chi connectivity index (χ3v) is 4.65. The van der Waals surface area contributed by atoms with E-state index in [9.17, 15) is 9.90 Å². The Kier molecular flexibility index (Phi) is 3.17. The van der Waals surface area contributed by atoms with Crippen LogP contribution in [0.2, 0.25) is 0 Å². The molecule has 0 spiro atoms. The average molecular weight is 260 g/mol. The Bertz CT molecular complexity index is 489. The zero-order valence-electron chi connectivity index (χ0n) is 11.2. The minimum atomic E-state index is -0.112. The Morgan fingerprint density at radius 3 is 3.00 bits per heavy atom. The number of fused-ring (bicyclic) bond motifs is 1. The number of hydrogen-bond acceptors (Lipinski definition) is 3. The van der Waals surface area contributed by atoms with Gasteiger partial charge in [0.05, 0.1) is 0 Å². The lowest BCUT2D eigenvalue weighted by atomic mass is 9.80. The Labute approximate surface area is 113 Å². The van der Waals surface area contributed by atoms with Crippen LogP contribution in [0, 0.1) is 11.8 Å². The van der Waals surface area contributed by atoms with Crippen LogP contribution in [0.15, 0.2) is 18.3 Å². The topological polar surface area (TPSA) is 53.4 Å². The van der Waals surface area contributed by atoms with Crippen molar-refractivity contribution in [1.82, 2.24) is 9.88 Å². The van der Waals surface area contributed by atoms with Crippen molar-refractivity contribution in [1.29, 1.82) is 0 Å². The monoisotopic (exact) mass is 260 g/mol. The summed E-state index contributed by atoms with van der Waals surface area (Å²) in [5, 5.41) is 9.79. The van der Waals surface area contributed by atoms with Gasteiger partial charge in [-0.05, 0) is 36.8 Å². The molecule has 1 aliphatic carbocycles. The maximum atomic E-state index is 12.6. The van der Waals surface area contributed by atoms with E-state index in [2.05, 4.69) is 11.9 Å². The molecule has 4 nitrogen and oxygen atoms in total. The van der Waals surface area contributed by atoms with E-state index in [1.165, 1.54) is 25.3 Å². The van der Waals surface area contributed by atoms with Crippen LogP contribution in [-0.2, 0) is 0 Å². The van der Waals surface area contributed by atoms with Crippen molar-refractivity contribution in [3.05, 3.63) is 24.0 Å². The fraction of sp³-hybridized carbons (Fsp3) is 0.600. The van der Waals surface area contributed by atoms with Crippen molar-refractivity contribution >= 4 is 5.91 Å². The maximum absolute atomic E-state index is 12.6. The molecule has 0 bridgehead atoms. The number of likely N-dealkylation sites (tertiary alicyclic amines) is 1. The Balaban J connectivity index is 1.86. The van der Waals surface area contributed by atoms with Gasteiger partial charge in [0.2, 0.25) is 0 Å². The number of aromatic nitrogens is 1. The van der Waals surface area contributed by atoms with Crippen LogP contribution in [0.25, 0.3) is 0 Å². The highest BCUT2D eigenvalue weighted by Crippen LogP contribution is 2.40. The molecule has 2 aliphatic rings. The van der Waals surface area contributed by atoms with Crippen molar-refractivity contribution in [3.63, 3.8) is 0 Å². The number of nitrogens with zero attached hydrogens (tertiary/aromatic N) is 2. The minimum absolute atomic E-state index is 0.0144. The number of pyridine rings is 1. The van der Waals surface area contributed by atoms with E-state index in [0.717, 1.165) is 13.0 Å². The number of hydrogen-bond donors (Lipinski definition) is 1. The lowest BCUT2D eigenvalue weighted by Crippen LogP contribution is -2.39. The summed E-state index contributed by atoms with van der Waals surface area (Å²) in [5.74, 6) is 1.06. The predicted molar refractivity (Wildman–Crippen MR) is 71.8 cm³/mol. The third kappa shape index (κ3) is 2.09. The highest BCUT2D eigenvalue weighted by molar-refractivity contribution is 5.95. The van der Waals surface area contributed by atoms with Crippen LogP contribution in [0.4, 0.5) is 0 Å². The van der Waals surface area contributed by atoms with E-state index < -0.39 is 0 Å². The third-order valence-electron chi connectivity index (χ3n) is 4.65. The molecule has 1 aromatic rings. The van der Waals surface area contributed by atoms with Gasteiger partial charge in [0, 0.05) is 18.8 Å². The molecule has 19 heavy (non-hydrogen) atoms. The molecule has 1 amide bonds. The molecule has 2 fully saturated rings. The van der Waals surface area contributed by atoms with E-state index in [1.807, 2.05) is 4.90 Å². The van der Waals surface area contributed by atoms with Gasteiger partial charge in [0.15, 0.2) is 5.69 Å². The zero-order chi connectivity index (χ0) is 13.4. The molecule has 1 saturated heterocycles. The Morgan fingerprint density at radius 2 is 2.21 bits per heavy atom. The van der Waals surface area contributed by atoms with Crippen LogP contribution in [0.1, 0.15) is 43.1 Å². The zero-order valence-corrected chi connectivity index (χ0v) is 11.2. The van der Waals surface area contributed by atoms with E-state index in [-0.39, 0.29) is 17.4 Å². The smallest absolute Gasteiger partial charge is 0.276 e. The maximum Gasteiger partial charge on any atom is 0.276 e. The van der Waals surface area contributed by atoms with Crippen LogP contribution in [0.5, 0.6) is 5.75 Å². The molecule has 0 radical (unpaired) electrons. The van der Waals surface area contributed by atoms with Crippen LogP contribution in [0.3, 0.4) is 0 Å². The number of rotatable bonds is 1. The molecule has 0 aromatic carbocycles. The second kappa shape index (κ2) is 4.83. The fourth-order valence-electron chi connectivity index (χ4n) is 3.70. The van der Waals surface area contributed by atoms with Gasteiger partial charge in [0.1, 0.15) is 5.75 Å². The fourth-order valence-corrected chi connectivity index (χ4v) is 3.70. The van der Waals surface area contributed by atoms with Crippen LogP contribution < -0.4 is 0 Å². The molecular weight excluding hydrogens is 240 g/mol. The normalized spacial score (nSPS) is 30.2. The summed E-state index contributed by atoms with van der Waals surface area (Å²) in [6, 6.07) is 3.51. The molecule has 102 valence electrons. The van der Waals surface area contributed by atoms with Crippen LogP contribution in [-0.4, -0.2) is 33.5 Å². The van der Waals surface area contributed by atoms with Gasteiger partial charge in [-0.1, -0.05) is 19.8 Å². The lowest BCUT2D eigenvalue weighted by molar-refractivity contribution is 0.0681. The SMILES string of the molecule is CC1CN(C(=O)c2ncccc2O)C2CCCCC12. The van der Waals surface area contributed by atoms with E-state index >= 15 is 0 Å². The van der Waals surface area contributed by atoms with Gasteiger partial charge in [-0.3, -0.25) is 4.79 Å². The van der Waals surface area contributed by atoms with Crippen molar-refractivity contribution in [3.8, 4) is 5.75 Å². The van der Waals surface area contributed by atoms with Crippen molar-refractivity contribution in [2.24, 2.45) is 11.8 Å². The van der Waals surface area contributed by atoms with E-state index in [1.54, 1.807) is 12.3 Å². The summed E-state index contributed by atoms with van der Waals surface area (Å²) in [6.45, 7) is 3.03. The first-order valence-corrected chi connectivity index (χ1v) is 7.13. The summed E-state index contributed by atoms with van der Waals surface area (Å²) >= 11 is 0. The molecule has 1 N–H and O–H groups in total. The summed E-state index contributed by atoms with van der Waals surface area (Å²) in [5.41, 5.74) is 0.195. The highest BCUT2D eigenvalue weighted by atomic mass is 16.3. The summed E-state index contributed by atoms with van der Waals surface area (Å²) in [4.78, 5) is 18.6. The van der Waals surface area contributed by atoms with Crippen molar-refractivity contribution < 1.29 is 9.90 Å². The van der Waals surface area contributed by atoms with Gasteiger partial charge in [0.25, 0.3) is 5.91 Å². The standard InChI is InChI=1S/C15H20N2O2/c1-10-9-17(12-6-3-2-5-11(10)12)15(19)14-13(18)7-4-8-16-14/h4,7-8,10-12,18H,2-3,5-6,9H2,1H3. The van der Waals surface area contributed by atoms with Crippen molar-refractivity contribution in [2.45, 2.75) is 38.6 Å². The first-order chi connectivity index (χ1) is 9.18. The van der Waals surface area contributed by atoms with Gasteiger partial charge in [-0.15, -0.1) is 0 Å². The predicted octanol–water partition coefficient (Wildman–Crippen LogP) is 2.44. The Hall–Kier alpha value is -1.58. The molecular formula is C15H20N2O2. The second-order valence-corrected chi connectivity index (χ2v) is 5.82. The molecule has 3 atom stereocenters. The average Bonchev–Trinajstić information content (AvgIpc) is 2.77. The molecule has 3 unspecified atom stereocenters. The van der Waals surface area contributed by atoms with Crippen LogP contribution >= 0.6 is 0 Å². The molecule has 1 aromatic heterocycles. The summed E-state index contributed by atoms with van der Waals surface area (Å²) in [6.07, 6.45) is 6.36. The molecule has 4 heteroatoms. The number of amides is 1. The van der Waals surface area contributed by atoms with Crippen molar-refractivity contribution in [2.75, 3.05) is 6.54 Å². The van der Waals surface area contributed by atoms with Gasteiger partial charge >= 0.3 is 0 Å². The quantitative estimate of drug-likeness (QED) is 0.843. The number of carbonyl (C=O) groups excluding carboxylic acids is 1. The van der Waals surface area contributed by atoms with Gasteiger partial charge < -0.3 is 10.0 Å². The second-order valence-electron chi connectivity index (χ2n) is 5.82. The molecule has 2 heterocycles. The number of carbonyl (C=O) groups is 1. The number of aromatic hydroxyl groups is 1.